The molecule has 0 amide bonds. The first-order chi connectivity index (χ1) is 17.5. The van der Waals surface area contributed by atoms with Gasteiger partial charge >= 0.3 is 0 Å². The van der Waals surface area contributed by atoms with Gasteiger partial charge in [-0.25, -0.2) is 0 Å². The van der Waals surface area contributed by atoms with E-state index in [-0.39, 0.29) is 0 Å². The Morgan fingerprint density at radius 3 is 1.33 bits per heavy atom. The van der Waals surface area contributed by atoms with E-state index in [0.29, 0.717) is 0 Å². The predicted octanol–water partition coefficient (Wildman–Crippen LogP) is 4.95. The first kappa shape index (κ1) is 24.7. The van der Waals surface area contributed by atoms with Crippen molar-refractivity contribution >= 4 is 43.3 Å². The highest BCUT2D eigenvalue weighted by molar-refractivity contribution is 7.81. The maximum absolute atomic E-state index is 7.77. The van der Waals surface area contributed by atoms with Gasteiger partial charge < -0.3 is 4.43 Å². The van der Waals surface area contributed by atoms with E-state index in [1.165, 1.54) is 20.7 Å². The van der Waals surface area contributed by atoms with E-state index in [1.807, 2.05) is 0 Å². The molecule has 36 heavy (non-hydrogen) atoms. The monoisotopic (exact) mass is 518 g/mol. The summed E-state index contributed by atoms with van der Waals surface area (Å²) < 4.78 is 7.77. The van der Waals surface area contributed by atoms with E-state index < -0.39 is 28.1 Å². The Hall–Kier alpha value is -3.03. The van der Waals surface area contributed by atoms with Crippen LogP contribution < -0.4 is 20.7 Å². The summed E-state index contributed by atoms with van der Waals surface area (Å²) in [6.07, 6.45) is 2.06. The van der Waals surface area contributed by atoms with Gasteiger partial charge in [-0.1, -0.05) is 144 Å². The highest BCUT2D eigenvalue weighted by atomic mass is 29.6. The molecule has 0 aliphatic carbocycles. The Balaban J connectivity index is 2.08. The van der Waals surface area contributed by atoms with Crippen LogP contribution in [0.4, 0.5) is 0 Å². The molecule has 0 bridgehead atoms. The van der Waals surface area contributed by atoms with Crippen molar-refractivity contribution in [3.05, 3.63) is 146 Å². The van der Waals surface area contributed by atoms with Crippen LogP contribution in [0.3, 0.4) is 0 Å². The molecule has 0 N–H and O–H groups in total. The van der Waals surface area contributed by atoms with E-state index in [4.69, 9.17) is 4.43 Å². The molecule has 0 radical (unpaired) electrons. The quantitative estimate of drug-likeness (QED) is 0.259. The minimum atomic E-state index is -2.95. The molecule has 1 nitrogen and oxygen atoms in total. The van der Waals surface area contributed by atoms with Gasteiger partial charge in [-0.15, -0.1) is 18.9 Å². The zero-order valence-corrected chi connectivity index (χ0v) is 24.2. The number of benzene rings is 4. The molecule has 4 heteroatoms. The summed E-state index contributed by atoms with van der Waals surface area (Å²) in [5.74, 6) is 0. The fraction of sp³-hybridized carbons (Fsp3) is 0.125. The van der Waals surface area contributed by atoms with Crippen LogP contribution in [0.2, 0.25) is 12.6 Å². The first-order valence-electron chi connectivity index (χ1n) is 12.7. The van der Waals surface area contributed by atoms with E-state index in [9.17, 15) is 0 Å². The fourth-order valence-electron chi connectivity index (χ4n) is 6.74. The normalized spacial score (nSPS) is 24.5. The van der Waals surface area contributed by atoms with Crippen LogP contribution in [0.15, 0.2) is 146 Å². The number of rotatable bonds is 6. The third-order valence-corrected chi connectivity index (χ3v) is 42.0. The molecule has 0 spiro atoms. The largest absolute Gasteiger partial charge is 0.402 e. The third kappa shape index (κ3) is 3.51. The molecule has 4 aromatic carbocycles. The average molecular weight is 519 g/mol. The molecule has 4 aromatic rings. The lowest BCUT2D eigenvalue weighted by molar-refractivity contribution is 0.160. The lowest BCUT2D eigenvalue weighted by atomic mass is 10.1. The Morgan fingerprint density at radius 1 is 0.639 bits per heavy atom. The molecule has 0 aromatic heterocycles. The molecule has 0 saturated carbocycles. The summed E-state index contributed by atoms with van der Waals surface area (Å²) in [6, 6.07) is 45.8. The highest BCUT2D eigenvalue weighted by Gasteiger charge is 2.74. The van der Waals surface area contributed by atoms with Crippen molar-refractivity contribution in [2.24, 2.45) is 0 Å². The van der Waals surface area contributed by atoms with Crippen molar-refractivity contribution < 1.29 is 4.43 Å². The van der Waals surface area contributed by atoms with Gasteiger partial charge in [0.25, 0.3) is 0 Å². The van der Waals surface area contributed by atoms with Crippen molar-refractivity contribution in [1.82, 2.24) is 0 Å². The highest BCUT2D eigenvalue weighted by Crippen LogP contribution is 2.44. The molecule has 2 atom stereocenters. The van der Waals surface area contributed by atoms with Gasteiger partial charge in [0.15, 0.2) is 0 Å². The lowest BCUT2D eigenvalue weighted by Crippen LogP contribution is -2.98. The van der Waals surface area contributed by atoms with Crippen molar-refractivity contribution in [2.75, 3.05) is 0 Å². The van der Waals surface area contributed by atoms with Crippen LogP contribution in [0, 0.1) is 0 Å². The summed E-state index contributed by atoms with van der Waals surface area (Å²) in [5, 5.41) is 5.58. The molecule has 1 fully saturated rings. The van der Waals surface area contributed by atoms with Crippen LogP contribution in [-0.2, 0) is 4.43 Å². The first-order valence-corrected chi connectivity index (χ1v) is 21.3. The molecule has 180 valence electrons. The fourth-order valence-corrected chi connectivity index (χ4v) is 48.0. The minimum absolute atomic E-state index is 0.437. The Bertz CT molecular complexity index is 1260. The van der Waals surface area contributed by atoms with Crippen LogP contribution in [-0.4, -0.2) is 28.1 Å². The minimum Gasteiger partial charge on any atom is -0.402 e. The van der Waals surface area contributed by atoms with Gasteiger partial charge in [-0.05, 0) is 23.3 Å². The Labute approximate surface area is 218 Å². The van der Waals surface area contributed by atoms with Crippen LogP contribution in [0.25, 0.3) is 0 Å². The lowest BCUT2D eigenvalue weighted by Gasteiger charge is -2.63. The van der Waals surface area contributed by atoms with Gasteiger partial charge in [0.05, 0.1) is 13.2 Å². The van der Waals surface area contributed by atoms with Crippen LogP contribution in [0.5, 0.6) is 0 Å². The van der Waals surface area contributed by atoms with Gasteiger partial charge in [0.1, 0.15) is 7.11 Å². The van der Waals surface area contributed by atoms with E-state index in [0.717, 1.165) is 6.04 Å². The van der Waals surface area contributed by atoms with Gasteiger partial charge in [-0.2, -0.15) is 0 Å². The smallest absolute Gasteiger partial charge is 0.249 e. The predicted molar refractivity (Wildman–Crippen MR) is 162 cm³/mol. The molecule has 1 aliphatic rings. The topological polar surface area (TPSA) is 9.23 Å². The second kappa shape index (κ2) is 9.45. The summed E-state index contributed by atoms with van der Waals surface area (Å²) >= 11 is 0. The maximum atomic E-state index is 7.77. The van der Waals surface area contributed by atoms with E-state index in [1.54, 1.807) is 0 Å². The molecule has 2 unspecified atom stereocenters. The molecule has 1 aliphatic heterocycles. The molecular weight excluding hydrogens is 485 g/mol. The van der Waals surface area contributed by atoms with Gasteiger partial charge in [-0.3, -0.25) is 0 Å². The average Bonchev–Trinajstić information content (AvgIpc) is 2.94. The van der Waals surface area contributed by atoms with Crippen molar-refractivity contribution in [2.45, 2.75) is 25.1 Å². The third-order valence-electron chi connectivity index (χ3n) is 8.15. The zero-order chi connectivity index (χ0) is 25.3. The summed E-state index contributed by atoms with van der Waals surface area (Å²) in [7, 11) is -7.88. The molecule has 1 saturated heterocycles. The van der Waals surface area contributed by atoms with Crippen molar-refractivity contribution in [3.8, 4) is 0 Å². The maximum Gasteiger partial charge on any atom is 0.249 e. The van der Waals surface area contributed by atoms with E-state index >= 15 is 0 Å². The number of hydrogen-bond acceptors (Lipinski definition) is 1. The molecule has 1 heterocycles. The summed E-state index contributed by atoms with van der Waals surface area (Å²) in [4.78, 5) is 0. The second-order valence-corrected chi connectivity index (χ2v) is 30.8. The Kier molecular flexibility index (Phi) is 6.47. The SMILES string of the molecule is C=CC1(C)C[Si](C)(C=C)[Si](c2ccccc2)(c2ccccc2)[Si](c2ccccc2)(c2ccccc2)O1. The summed E-state index contributed by atoms with van der Waals surface area (Å²) in [6.45, 7) is 13.7. The molecular formula is C32H34OSi3. The van der Waals surface area contributed by atoms with Crippen molar-refractivity contribution in [1.29, 1.82) is 0 Å². The standard InChI is InChI=1S/C32H34OSi3/c1-5-32(3)27-34(4,6-2)36(30-23-15-9-16-24-30,31-25-17-10-18-26-31)35(33-32,28-19-11-7-12-20-28)29-21-13-8-14-22-29/h5-26H,1-2,27H2,3-4H3. The second-order valence-electron chi connectivity index (χ2n) is 10.3. The van der Waals surface area contributed by atoms with Crippen LogP contribution in [0.1, 0.15) is 6.92 Å². The van der Waals surface area contributed by atoms with E-state index in [2.05, 4.69) is 160 Å². The van der Waals surface area contributed by atoms with Gasteiger partial charge in [0, 0.05) is 0 Å². The zero-order valence-electron chi connectivity index (χ0n) is 21.2. The molecule has 5 rings (SSSR count). The van der Waals surface area contributed by atoms with Gasteiger partial charge in [0.2, 0.25) is 7.83 Å². The number of hydrogen-bond donors (Lipinski definition) is 0. The van der Waals surface area contributed by atoms with Crippen molar-refractivity contribution in [3.63, 3.8) is 0 Å². The Morgan fingerprint density at radius 2 is 1.00 bits per heavy atom. The summed E-state index contributed by atoms with van der Waals surface area (Å²) in [5.41, 5.74) is 1.95. The van der Waals surface area contributed by atoms with Crippen LogP contribution >= 0.6 is 0 Å².